The topological polar surface area (TPSA) is 111 Å². The second kappa shape index (κ2) is 7.81. The van der Waals surface area contributed by atoms with Gasteiger partial charge in [0.05, 0.1) is 24.9 Å². The predicted octanol–water partition coefficient (Wildman–Crippen LogP) is 1.92. The van der Waals surface area contributed by atoms with E-state index in [1.54, 1.807) is 0 Å². The number of aromatic hydroxyl groups is 1. The molecule has 5 rings (SSSR count). The summed E-state index contributed by atoms with van der Waals surface area (Å²) in [5, 5.41) is 18.3. The first-order chi connectivity index (χ1) is 15.1. The van der Waals surface area contributed by atoms with Crippen LogP contribution in [0.2, 0.25) is 0 Å². The van der Waals surface area contributed by atoms with Gasteiger partial charge in [-0.05, 0) is 37.0 Å². The highest BCUT2D eigenvalue weighted by Gasteiger charge is 2.38. The minimum atomic E-state index is -0.760. The predicted molar refractivity (Wildman–Crippen MR) is 113 cm³/mol. The lowest BCUT2D eigenvalue weighted by Gasteiger charge is -2.32. The molecule has 1 saturated carbocycles. The van der Waals surface area contributed by atoms with Crippen molar-refractivity contribution < 1.29 is 14.6 Å². The molecule has 1 amide bonds. The maximum absolute atomic E-state index is 12.5. The van der Waals surface area contributed by atoms with Gasteiger partial charge in [0.2, 0.25) is 0 Å². The number of fused-ring (bicyclic) bond motifs is 3. The average molecular weight is 423 g/mol. The maximum Gasteiger partial charge on any atom is 0.275 e. The van der Waals surface area contributed by atoms with Crippen LogP contribution in [0, 0.1) is 0 Å². The van der Waals surface area contributed by atoms with Gasteiger partial charge in [-0.15, -0.1) is 0 Å². The van der Waals surface area contributed by atoms with E-state index in [0.29, 0.717) is 32.7 Å². The Balaban J connectivity index is 1.66. The van der Waals surface area contributed by atoms with Crippen LogP contribution in [0.25, 0.3) is 11.0 Å². The van der Waals surface area contributed by atoms with Crippen LogP contribution in [0.4, 0.5) is 0 Å². The molecule has 2 N–H and O–H groups in total. The monoisotopic (exact) mass is 423 g/mol. The summed E-state index contributed by atoms with van der Waals surface area (Å²) in [5.74, 6) is -1.06. The number of nitrogens with zero attached hydrogens (tertiary/aromatic N) is 4. The lowest BCUT2D eigenvalue weighted by Crippen LogP contribution is -2.38. The standard InChI is InChI=1S/C22H25N5O4/c28-17-12-26-14-22(6-1-2-7-22)27-10-5-16-15(4-9-23-20(16)27)13-31-11-3-8-24-21(30)18(25-26)19(17)29/h4-5,9-10,12,28H,1-3,6-8,11,13-14H2,(H,24,30). The number of carbonyl (C=O) groups is 1. The first-order valence-corrected chi connectivity index (χ1v) is 10.7. The minimum Gasteiger partial charge on any atom is -0.503 e. The fourth-order valence-corrected chi connectivity index (χ4v) is 4.81. The number of rotatable bonds is 0. The third kappa shape index (κ3) is 3.48. The Morgan fingerprint density at radius 2 is 2.00 bits per heavy atom. The quantitative estimate of drug-likeness (QED) is 0.571. The Kier molecular flexibility index (Phi) is 4.97. The molecule has 2 aliphatic rings. The first-order valence-electron chi connectivity index (χ1n) is 10.7. The molecule has 1 aliphatic carbocycles. The molecule has 31 heavy (non-hydrogen) atoms. The van der Waals surface area contributed by atoms with Gasteiger partial charge >= 0.3 is 0 Å². The van der Waals surface area contributed by atoms with Crippen LogP contribution in [0.1, 0.15) is 48.2 Å². The summed E-state index contributed by atoms with van der Waals surface area (Å²) >= 11 is 0. The molecule has 0 aromatic carbocycles. The number of amides is 1. The largest absolute Gasteiger partial charge is 0.503 e. The van der Waals surface area contributed by atoms with Crippen LogP contribution in [-0.2, 0) is 23.4 Å². The smallest absolute Gasteiger partial charge is 0.275 e. The van der Waals surface area contributed by atoms with Crippen LogP contribution in [0.15, 0.2) is 35.5 Å². The van der Waals surface area contributed by atoms with Gasteiger partial charge in [0.15, 0.2) is 11.4 Å². The number of hydrogen-bond acceptors (Lipinski definition) is 6. The fraction of sp³-hybridized carbons (Fsp3) is 0.455. The molecule has 0 radical (unpaired) electrons. The number of nitrogens with one attached hydrogen (secondary N) is 1. The van der Waals surface area contributed by atoms with E-state index in [9.17, 15) is 14.7 Å². The molecule has 1 spiro atoms. The van der Waals surface area contributed by atoms with Crippen LogP contribution in [0.3, 0.4) is 0 Å². The Labute approximate surface area is 178 Å². The SMILES string of the molecule is O=C1NCCCOCc2ccnc3c2ccn3C2(CCCC2)Cn2cc(O)c(=O)c1n2. The van der Waals surface area contributed by atoms with Crippen molar-refractivity contribution in [3.63, 3.8) is 0 Å². The van der Waals surface area contributed by atoms with Crippen LogP contribution < -0.4 is 10.7 Å². The van der Waals surface area contributed by atoms with Gasteiger partial charge in [-0.25, -0.2) is 4.98 Å². The summed E-state index contributed by atoms with van der Waals surface area (Å²) in [5.41, 5.74) is 0.601. The van der Waals surface area contributed by atoms with Crippen molar-refractivity contribution in [2.45, 2.75) is 50.8 Å². The molecule has 6 bridgehead atoms. The van der Waals surface area contributed by atoms with Gasteiger partial charge in [0.25, 0.3) is 11.3 Å². The molecule has 0 saturated heterocycles. The molecule has 1 fully saturated rings. The number of aromatic nitrogens is 4. The van der Waals surface area contributed by atoms with Crippen LogP contribution in [-0.4, -0.2) is 43.5 Å². The van der Waals surface area contributed by atoms with E-state index < -0.39 is 17.1 Å². The highest BCUT2D eigenvalue weighted by Crippen LogP contribution is 2.40. The highest BCUT2D eigenvalue weighted by molar-refractivity contribution is 5.92. The molecule has 0 atom stereocenters. The second-order valence-corrected chi connectivity index (χ2v) is 8.38. The summed E-state index contributed by atoms with van der Waals surface area (Å²) in [6.45, 7) is 1.71. The Bertz CT molecular complexity index is 1190. The normalized spacial score (nSPS) is 19.2. The molecule has 0 unspecified atom stereocenters. The number of carbonyl (C=O) groups excluding carboxylic acids is 1. The number of hydrogen-bond donors (Lipinski definition) is 2. The summed E-state index contributed by atoms with van der Waals surface area (Å²) in [7, 11) is 0. The molecule has 3 aromatic rings. The molecule has 9 nitrogen and oxygen atoms in total. The molecule has 4 heterocycles. The van der Waals surface area contributed by atoms with Gasteiger partial charge in [-0.3, -0.25) is 14.3 Å². The third-order valence-electron chi connectivity index (χ3n) is 6.35. The molecule has 1 aliphatic heterocycles. The lowest BCUT2D eigenvalue weighted by atomic mass is 9.97. The lowest BCUT2D eigenvalue weighted by molar-refractivity contribution is 0.0924. The van der Waals surface area contributed by atoms with Gasteiger partial charge < -0.3 is 19.7 Å². The fourth-order valence-electron chi connectivity index (χ4n) is 4.81. The van der Waals surface area contributed by atoms with Crippen molar-refractivity contribution in [3.8, 4) is 5.75 Å². The highest BCUT2D eigenvalue weighted by atomic mass is 16.5. The summed E-state index contributed by atoms with van der Waals surface area (Å²) in [4.78, 5) is 29.6. The first kappa shape index (κ1) is 19.7. The van der Waals surface area contributed by atoms with E-state index in [2.05, 4.69) is 32.2 Å². The molecule has 162 valence electrons. The third-order valence-corrected chi connectivity index (χ3v) is 6.35. The Morgan fingerprint density at radius 1 is 1.16 bits per heavy atom. The minimum absolute atomic E-state index is 0.293. The van der Waals surface area contributed by atoms with Crippen molar-refractivity contribution in [2.24, 2.45) is 0 Å². The van der Waals surface area contributed by atoms with Crippen molar-refractivity contribution in [1.82, 2.24) is 24.6 Å². The van der Waals surface area contributed by atoms with Gasteiger partial charge in [-0.2, -0.15) is 5.10 Å². The van der Waals surface area contributed by atoms with E-state index in [1.807, 2.05) is 12.3 Å². The molecular weight excluding hydrogens is 398 g/mol. The van der Waals surface area contributed by atoms with Crippen molar-refractivity contribution >= 4 is 16.9 Å². The van der Waals surface area contributed by atoms with E-state index in [1.165, 1.54) is 10.9 Å². The number of pyridine rings is 1. The van der Waals surface area contributed by atoms with E-state index in [-0.39, 0.29) is 11.2 Å². The van der Waals surface area contributed by atoms with Crippen LogP contribution in [0.5, 0.6) is 5.75 Å². The summed E-state index contributed by atoms with van der Waals surface area (Å²) in [6.07, 6.45) is 9.72. The maximum atomic E-state index is 12.5. The van der Waals surface area contributed by atoms with Crippen molar-refractivity contribution in [1.29, 1.82) is 0 Å². The zero-order chi connectivity index (χ0) is 21.4. The average Bonchev–Trinajstić information content (AvgIpc) is 3.40. The zero-order valence-electron chi connectivity index (χ0n) is 17.2. The summed E-state index contributed by atoms with van der Waals surface area (Å²) in [6, 6.07) is 4.05. The molecule has 9 heteroatoms. The molecule has 3 aromatic heterocycles. The Hall–Kier alpha value is -3.20. The Morgan fingerprint density at radius 3 is 2.84 bits per heavy atom. The van der Waals surface area contributed by atoms with Gasteiger partial charge in [0, 0.05) is 30.9 Å². The zero-order valence-corrected chi connectivity index (χ0v) is 17.2. The number of ether oxygens (including phenoxy) is 1. The van der Waals surface area contributed by atoms with Gasteiger partial charge in [0.1, 0.15) is 5.65 Å². The van der Waals surface area contributed by atoms with E-state index >= 15 is 0 Å². The second-order valence-electron chi connectivity index (χ2n) is 8.38. The van der Waals surface area contributed by atoms with Gasteiger partial charge in [-0.1, -0.05) is 12.8 Å². The van der Waals surface area contributed by atoms with E-state index in [4.69, 9.17) is 4.74 Å². The molecular formula is C22H25N5O4. The van der Waals surface area contributed by atoms with Crippen molar-refractivity contribution in [3.05, 3.63) is 52.2 Å². The summed E-state index contributed by atoms with van der Waals surface area (Å²) < 4.78 is 9.55. The van der Waals surface area contributed by atoms with Crippen molar-refractivity contribution in [2.75, 3.05) is 13.2 Å². The van der Waals surface area contributed by atoms with Crippen LogP contribution >= 0.6 is 0 Å². The van der Waals surface area contributed by atoms with E-state index in [0.717, 1.165) is 42.3 Å².